The molecule has 0 bridgehead atoms. The van der Waals surface area contributed by atoms with E-state index in [0.29, 0.717) is 12.8 Å². The number of alkyl carbamates (subject to hydrolysis) is 1. The fraction of sp³-hybridized carbons (Fsp3) is 0.444. The van der Waals surface area contributed by atoms with Gasteiger partial charge in [0.1, 0.15) is 13.2 Å². The van der Waals surface area contributed by atoms with Crippen LogP contribution in [0.5, 0.6) is 0 Å². The Morgan fingerprint density at radius 2 is 1.65 bits per heavy atom. The number of carbonyl (C=O) groups is 3. The van der Waals surface area contributed by atoms with E-state index >= 15 is 0 Å². The smallest absolute Gasteiger partial charge is 0.407 e. The van der Waals surface area contributed by atoms with Crippen LogP contribution in [0.4, 0.5) is 4.79 Å². The number of hydrogen-bond acceptors (Lipinski definition) is 4. The first-order valence-corrected chi connectivity index (χ1v) is 12.0. The molecule has 0 heterocycles. The summed E-state index contributed by atoms with van der Waals surface area (Å²) in [5.74, 6) is -1.22. The molecular weight excluding hydrogens is 432 g/mol. The van der Waals surface area contributed by atoms with Gasteiger partial charge in [-0.1, -0.05) is 55.0 Å². The summed E-state index contributed by atoms with van der Waals surface area (Å²) in [6, 6.07) is 16.0. The second-order valence-corrected chi connectivity index (χ2v) is 9.89. The Labute approximate surface area is 199 Å². The molecule has 2 amide bonds. The Hall–Kier alpha value is -3.35. The topological polar surface area (TPSA) is 95.9 Å². The van der Waals surface area contributed by atoms with Crippen molar-refractivity contribution >= 4 is 18.0 Å². The first-order chi connectivity index (χ1) is 16.4. The number of benzene rings is 2. The number of carboxylic acids is 1. The Balaban J connectivity index is 1.26. The van der Waals surface area contributed by atoms with Crippen LogP contribution in [0.3, 0.4) is 0 Å². The SMILES string of the molecule is CC1(C(=O)N(CC(=O)O)C2CC2)CCCC1NC(=O)OCC1c2ccccc2-c2ccccc21. The van der Waals surface area contributed by atoms with Crippen molar-refractivity contribution in [3.8, 4) is 11.1 Å². The fourth-order valence-corrected chi connectivity index (χ4v) is 5.66. The second kappa shape index (κ2) is 8.78. The minimum Gasteiger partial charge on any atom is -0.480 e. The fourth-order valence-electron chi connectivity index (χ4n) is 5.66. The van der Waals surface area contributed by atoms with Gasteiger partial charge in [-0.05, 0) is 54.9 Å². The van der Waals surface area contributed by atoms with E-state index in [2.05, 4.69) is 29.6 Å². The highest BCUT2D eigenvalue weighted by Gasteiger charge is 2.50. The van der Waals surface area contributed by atoms with Gasteiger partial charge >= 0.3 is 12.1 Å². The molecule has 3 aliphatic rings. The van der Waals surface area contributed by atoms with E-state index in [1.54, 1.807) is 0 Å². The van der Waals surface area contributed by atoms with Crippen LogP contribution < -0.4 is 5.32 Å². The van der Waals surface area contributed by atoms with Gasteiger partial charge in [-0.25, -0.2) is 4.79 Å². The van der Waals surface area contributed by atoms with Crippen LogP contribution in [0.15, 0.2) is 48.5 Å². The molecule has 0 aromatic heterocycles. The van der Waals surface area contributed by atoms with Crippen molar-refractivity contribution in [2.24, 2.45) is 5.41 Å². The number of nitrogens with zero attached hydrogens (tertiary/aromatic N) is 1. The van der Waals surface area contributed by atoms with Gasteiger partial charge < -0.3 is 20.1 Å². The van der Waals surface area contributed by atoms with Gasteiger partial charge in [0.2, 0.25) is 5.91 Å². The van der Waals surface area contributed by atoms with Crippen LogP contribution in [0.25, 0.3) is 11.1 Å². The third kappa shape index (κ3) is 4.04. The third-order valence-electron chi connectivity index (χ3n) is 7.64. The minimum absolute atomic E-state index is 0.00358. The maximum Gasteiger partial charge on any atom is 0.407 e. The average Bonchev–Trinajstić information content (AvgIpc) is 3.54. The quantitative estimate of drug-likeness (QED) is 0.644. The molecule has 0 aliphatic heterocycles. The summed E-state index contributed by atoms with van der Waals surface area (Å²) in [7, 11) is 0. The predicted molar refractivity (Wildman–Crippen MR) is 126 cm³/mol. The van der Waals surface area contributed by atoms with Crippen LogP contribution in [-0.4, -0.2) is 53.2 Å². The Morgan fingerprint density at radius 1 is 1.03 bits per heavy atom. The minimum atomic E-state index is -1.01. The molecular formula is C27H30N2O5. The molecule has 2 aromatic carbocycles. The van der Waals surface area contributed by atoms with Crippen molar-refractivity contribution in [1.29, 1.82) is 0 Å². The van der Waals surface area contributed by atoms with Crippen molar-refractivity contribution in [3.05, 3.63) is 59.7 Å². The molecule has 3 aliphatic carbocycles. The molecule has 2 N–H and O–H groups in total. The largest absolute Gasteiger partial charge is 0.480 e. The number of amides is 2. The lowest BCUT2D eigenvalue weighted by Crippen LogP contribution is -2.54. The molecule has 7 nitrogen and oxygen atoms in total. The summed E-state index contributed by atoms with van der Waals surface area (Å²) < 4.78 is 5.69. The molecule has 2 saturated carbocycles. The van der Waals surface area contributed by atoms with Crippen molar-refractivity contribution in [3.63, 3.8) is 0 Å². The van der Waals surface area contributed by atoms with Crippen LogP contribution in [0.1, 0.15) is 56.1 Å². The van der Waals surface area contributed by atoms with Crippen molar-refractivity contribution < 1.29 is 24.2 Å². The summed E-state index contributed by atoms with van der Waals surface area (Å²) in [5, 5.41) is 12.2. The first kappa shape index (κ1) is 22.4. The van der Waals surface area contributed by atoms with Gasteiger partial charge in [-0.3, -0.25) is 9.59 Å². The standard InChI is InChI=1S/C27H30N2O5/c1-27(25(32)29(15-24(30)31)17-12-13-17)14-6-11-23(27)28-26(33)34-16-22-20-9-4-2-7-18(20)19-8-3-5-10-21(19)22/h2-5,7-10,17,22-23H,6,11-16H2,1H3,(H,28,33)(H,30,31). The third-order valence-corrected chi connectivity index (χ3v) is 7.64. The van der Waals surface area contributed by atoms with Gasteiger partial charge in [-0.15, -0.1) is 0 Å². The maximum absolute atomic E-state index is 13.4. The molecule has 178 valence electrons. The molecule has 34 heavy (non-hydrogen) atoms. The van der Waals surface area contributed by atoms with E-state index in [9.17, 15) is 19.5 Å². The van der Waals surface area contributed by atoms with Crippen molar-refractivity contribution in [2.45, 2.75) is 57.0 Å². The van der Waals surface area contributed by atoms with E-state index in [1.165, 1.54) is 16.0 Å². The first-order valence-electron chi connectivity index (χ1n) is 12.0. The average molecular weight is 463 g/mol. The van der Waals surface area contributed by atoms with Crippen molar-refractivity contribution in [2.75, 3.05) is 13.2 Å². The molecule has 2 aromatic rings. The van der Waals surface area contributed by atoms with Crippen LogP contribution in [0.2, 0.25) is 0 Å². The molecule has 2 unspecified atom stereocenters. The normalized spacial score (nSPS) is 23.1. The van der Waals surface area contributed by atoms with Crippen LogP contribution in [0, 0.1) is 5.41 Å². The molecule has 2 fully saturated rings. The zero-order chi connectivity index (χ0) is 23.9. The predicted octanol–water partition coefficient (Wildman–Crippen LogP) is 4.16. The summed E-state index contributed by atoms with van der Waals surface area (Å²) >= 11 is 0. The van der Waals surface area contributed by atoms with Crippen molar-refractivity contribution in [1.82, 2.24) is 10.2 Å². The molecule has 5 rings (SSSR count). The second-order valence-electron chi connectivity index (χ2n) is 9.89. The summed E-state index contributed by atoms with van der Waals surface area (Å²) in [4.78, 5) is 39.0. The number of ether oxygens (including phenoxy) is 1. The van der Waals surface area contributed by atoms with Gasteiger partial charge in [-0.2, -0.15) is 0 Å². The molecule has 0 radical (unpaired) electrons. The van der Waals surface area contributed by atoms with Gasteiger partial charge in [0.05, 0.1) is 5.41 Å². The number of fused-ring (bicyclic) bond motifs is 3. The summed E-state index contributed by atoms with van der Waals surface area (Å²) in [6.07, 6.45) is 3.20. The Kier molecular flexibility index (Phi) is 5.80. The number of hydrogen-bond donors (Lipinski definition) is 2. The molecule has 0 spiro atoms. The Bertz CT molecular complexity index is 1080. The zero-order valence-electron chi connectivity index (χ0n) is 19.3. The van der Waals surface area contributed by atoms with Gasteiger partial charge in [0, 0.05) is 18.0 Å². The van der Waals surface area contributed by atoms with E-state index < -0.39 is 17.5 Å². The van der Waals surface area contributed by atoms with Crippen LogP contribution in [-0.2, 0) is 14.3 Å². The van der Waals surface area contributed by atoms with Gasteiger partial charge in [0.25, 0.3) is 0 Å². The molecule has 7 heteroatoms. The lowest BCUT2D eigenvalue weighted by atomic mass is 9.83. The highest BCUT2D eigenvalue weighted by atomic mass is 16.5. The maximum atomic E-state index is 13.4. The number of aliphatic carboxylic acids is 1. The molecule has 0 saturated heterocycles. The number of nitrogens with one attached hydrogen (secondary N) is 1. The number of carbonyl (C=O) groups excluding carboxylic acids is 2. The molecule has 2 atom stereocenters. The van der Waals surface area contributed by atoms with E-state index in [0.717, 1.165) is 30.4 Å². The zero-order valence-corrected chi connectivity index (χ0v) is 19.3. The highest BCUT2D eigenvalue weighted by molar-refractivity contribution is 5.88. The van der Waals surface area contributed by atoms with E-state index in [4.69, 9.17) is 4.74 Å². The summed E-state index contributed by atoms with van der Waals surface area (Å²) in [5.41, 5.74) is 3.79. The highest BCUT2D eigenvalue weighted by Crippen LogP contribution is 2.45. The number of carboxylic acid groups (broad SMARTS) is 1. The van der Waals surface area contributed by atoms with Crippen LogP contribution >= 0.6 is 0 Å². The van der Waals surface area contributed by atoms with Gasteiger partial charge in [0.15, 0.2) is 0 Å². The van der Waals surface area contributed by atoms with E-state index in [-0.39, 0.29) is 37.1 Å². The monoisotopic (exact) mass is 462 g/mol. The lowest BCUT2D eigenvalue weighted by Gasteiger charge is -2.35. The number of rotatable bonds is 7. The lowest BCUT2D eigenvalue weighted by molar-refractivity contribution is -0.150. The summed E-state index contributed by atoms with van der Waals surface area (Å²) in [6.45, 7) is 1.76. The van der Waals surface area contributed by atoms with E-state index in [1.807, 2.05) is 31.2 Å². The Morgan fingerprint density at radius 3 is 2.24 bits per heavy atom.